The smallest absolute Gasteiger partial charge is 0.337 e. The van der Waals surface area contributed by atoms with E-state index in [9.17, 15) is 9.90 Å². The summed E-state index contributed by atoms with van der Waals surface area (Å²) in [5, 5.41) is 13.0. The largest absolute Gasteiger partial charge is 0.465 e. The highest BCUT2D eigenvalue weighted by molar-refractivity contribution is 5.89. The fraction of sp³-hybridized carbons (Fsp3) is 0.522. The molecule has 0 saturated heterocycles. The van der Waals surface area contributed by atoms with E-state index in [2.05, 4.69) is 42.9 Å². The fourth-order valence-electron chi connectivity index (χ4n) is 3.56. The number of benzene rings is 1. The molecule has 7 heteroatoms. The van der Waals surface area contributed by atoms with E-state index in [1.165, 1.54) is 18.2 Å². The molecule has 1 aliphatic heterocycles. The Morgan fingerprint density at radius 3 is 2.60 bits per heavy atom. The Hall–Kier alpha value is -2.67. The van der Waals surface area contributed by atoms with Gasteiger partial charge in [0.25, 0.3) is 0 Å². The molecule has 0 spiro atoms. The standard InChI is InChI=1S/C23H32N4O3/c1-14(2)19-11-21(26-23(24-19)25-20(13-28)15(3)4)27-9-8-16-10-17(22(29)30-5)6-7-18(16)12-27/h6-7,10-11,14-15,20,28H,8-9,12-13H2,1-5H3,(H,24,25,26)/t20-/m0/s1. The van der Waals surface area contributed by atoms with Gasteiger partial charge >= 0.3 is 5.97 Å². The predicted molar refractivity (Wildman–Crippen MR) is 118 cm³/mol. The quantitative estimate of drug-likeness (QED) is 0.674. The third kappa shape index (κ3) is 4.90. The Morgan fingerprint density at radius 2 is 1.97 bits per heavy atom. The van der Waals surface area contributed by atoms with Crippen molar-refractivity contribution in [3.63, 3.8) is 0 Å². The van der Waals surface area contributed by atoms with Crippen molar-refractivity contribution in [2.45, 2.75) is 52.6 Å². The van der Waals surface area contributed by atoms with Gasteiger partial charge in [0.2, 0.25) is 5.95 Å². The number of aliphatic hydroxyl groups is 1. The average molecular weight is 413 g/mol. The minimum absolute atomic E-state index is 0.0296. The molecule has 162 valence electrons. The Balaban J connectivity index is 1.87. The normalized spacial score (nSPS) is 14.6. The molecule has 2 N–H and O–H groups in total. The molecule has 0 bridgehead atoms. The van der Waals surface area contributed by atoms with Gasteiger partial charge in [-0.05, 0) is 41.5 Å². The van der Waals surface area contributed by atoms with Crippen molar-refractivity contribution in [3.8, 4) is 0 Å². The Labute approximate surface area is 178 Å². The van der Waals surface area contributed by atoms with E-state index >= 15 is 0 Å². The molecule has 2 aromatic rings. The zero-order chi connectivity index (χ0) is 21.8. The number of rotatable bonds is 7. The molecule has 1 atom stereocenters. The molecule has 3 rings (SSSR count). The number of hydrogen-bond acceptors (Lipinski definition) is 7. The van der Waals surface area contributed by atoms with Crippen LogP contribution in [0.5, 0.6) is 0 Å². The molecule has 1 aromatic heterocycles. The molecule has 0 saturated carbocycles. The number of aliphatic hydroxyl groups excluding tert-OH is 1. The molecular formula is C23H32N4O3. The molecule has 0 radical (unpaired) electrons. The zero-order valence-corrected chi connectivity index (χ0v) is 18.5. The van der Waals surface area contributed by atoms with Crippen LogP contribution in [0, 0.1) is 5.92 Å². The summed E-state index contributed by atoms with van der Waals surface area (Å²) in [5.74, 6) is 1.64. The molecule has 1 aromatic carbocycles. The molecule has 0 aliphatic carbocycles. The van der Waals surface area contributed by atoms with E-state index in [0.29, 0.717) is 11.5 Å². The number of aromatic nitrogens is 2. The van der Waals surface area contributed by atoms with E-state index in [0.717, 1.165) is 31.0 Å². The van der Waals surface area contributed by atoms with Gasteiger partial charge in [-0.2, -0.15) is 4.98 Å². The Morgan fingerprint density at radius 1 is 1.20 bits per heavy atom. The minimum Gasteiger partial charge on any atom is -0.465 e. The summed E-state index contributed by atoms with van der Waals surface area (Å²) in [5.41, 5.74) is 3.91. The highest BCUT2D eigenvalue weighted by Gasteiger charge is 2.22. The van der Waals surface area contributed by atoms with Crippen molar-refractivity contribution in [1.82, 2.24) is 9.97 Å². The zero-order valence-electron chi connectivity index (χ0n) is 18.5. The van der Waals surface area contributed by atoms with Gasteiger partial charge in [0.05, 0.1) is 31.0 Å². The van der Waals surface area contributed by atoms with E-state index in [1.54, 1.807) is 0 Å². The number of hydrogen-bond donors (Lipinski definition) is 2. The number of anilines is 2. The van der Waals surface area contributed by atoms with E-state index in [-0.39, 0.29) is 30.5 Å². The summed E-state index contributed by atoms with van der Waals surface area (Å²) >= 11 is 0. The van der Waals surface area contributed by atoms with Crippen molar-refractivity contribution in [1.29, 1.82) is 0 Å². The summed E-state index contributed by atoms with van der Waals surface area (Å²) in [7, 11) is 1.40. The molecular weight excluding hydrogens is 380 g/mol. The summed E-state index contributed by atoms with van der Waals surface area (Å²) < 4.78 is 4.83. The first-order valence-corrected chi connectivity index (χ1v) is 10.5. The number of esters is 1. The molecule has 0 unspecified atom stereocenters. The van der Waals surface area contributed by atoms with Gasteiger partial charge in [-0.15, -0.1) is 0 Å². The monoisotopic (exact) mass is 412 g/mol. The van der Waals surface area contributed by atoms with Crippen LogP contribution in [0.15, 0.2) is 24.3 Å². The molecule has 0 fully saturated rings. The topological polar surface area (TPSA) is 87.6 Å². The van der Waals surface area contributed by atoms with Crippen molar-refractivity contribution in [3.05, 3.63) is 46.6 Å². The van der Waals surface area contributed by atoms with Crippen molar-refractivity contribution >= 4 is 17.7 Å². The lowest BCUT2D eigenvalue weighted by molar-refractivity contribution is 0.0600. The van der Waals surface area contributed by atoms with Crippen LogP contribution in [0.3, 0.4) is 0 Å². The maximum absolute atomic E-state index is 11.8. The van der Waals surface area contributed by atoms with Gasteiger partial charge in [-0.3, -0.25) is 0 Å². The molecule has 1 aliphatic rings. The first kappa shape index (κ1) is 22.0. The highest BCUT2D eigenvalue weighted by atomic mass is 16.5. The second kappa shape index (κ2) is 9.43. The highest BCUT2D eigenvalue weighted by Crippen LogP contribution is 2.27. The number of fused-ring (bicyclic) bond motifs is 1. The molecule has 7 nitrogen and oxygen atoms in total. The SMILES string of the molecule is COC(=O)c1ccc2c(c1)CCN(c1cc(C(C)C)nc(N[C@@H](CO)C(C)C)n1)C2. The van der Waals surface area contributed by atoms with E-state index in [1.807, 2.05) is 24.3 Å². The van der Waals surface area contributed by atoms with Gasteiger partial charge in [0.15, 0.2) is 0 Å². The number of carbonyl (C=O) groups is 1. The second-order valence-corrected chi connectivity index (χ2v) is 8.45. The van der Waals surface area contributed by atoms with Crippen LogP contribution >= 0.6 is 0 Å². The van der Waals surface area contributed by atoms with E-state index in [4.69, 9.17) is 9.72 Å². The third-order valence-corrected chi connectivity index (χ3v) is 5.60. The molecule has 2 heterocycles. The lowest BCUT2D eigenvalue weighted by Gasteiger charge is -2.31. The van der Waals surface area contributed by atoms with Gasteiger partial charge in [0.1, 0.15) is 5.82 Å². The predicted octanol–water partition coefficient (Wildman–Crippen LogP) is 3.38. The van der Waals surface area contributed by atoms with Crippen molar-refractivity contribution in [2.75, 3.05) is 30.5 Å². The summed E-state index contributed by atoms with van der Waals surface area (Å²) in [6, 6.07) is 7.69. The number of carbonyl (C=O) groups excluding carboxylic acids is 1. The minimum atomic E-state index is -0.308. The summed E-state index contributed by atoms with van der Waals surface area (Å²) in [4.78, 5) is 23.5. The van der Waals surface area contributed by atoms with Crippen LogP contribution in [0.4, 0.5) is 11.8 Å². The summed E-state index contributed by atoms with van der Waals surface area (Å²) in [6.07, 6.45) is 0.829. The average Bonchev–Trinajstić information content (AvgIpc) is 2.75. The lowest BCUT2D eigenvalue weighted by Crippen LogP contribution is -2.33. The first-order valence-electron chi connectivity index (χ1n) is 10.5. The number of methoxy groups -OCH3 is 1. The van der Waals surface area contributed by atoms with Gasteiger partial charge in [0, 0.05) is 19.2 Å². The fourth-order valence-corrected chi connectivity index (χ4v) is 3.56. The van der Waals surface area contributed by atoms with Crippen LogP contribution in [0.2, 0.25) is 0 Å². The number of ether oxygens (including phenoxy) is 1. The lowest BCUT2D eigenvalue weighted by atomic mass is 9.97. The van der Waals surface area contributed by atoms with Gasteiger partial charge < -0.3 is 20.1 Å². The van der Waals surface area contributed by atoms with E-state index < -0.39 is 0 Å². The Kier molecular flexibility index (Phi) is 6.92. The van der Waals surface area contributed by atoms with Crippen LogP contribution in [-0.4, -0.2) is 47.3 Å². The second-order valence-electron chi connectivity index (χ2n) is 8.45. The number of nitrogens with zero attached hydrogens (tertiary/aromatic N) is 3. The maximum Gasteiger partial charge on any atom is 0.337 e. The maximum atomic E-state index is 11.8. The van der Waals surface area contributed by atoms with Gasteiger partial charge in [-0.1, -0.05) is 33.8 Å². The first-order chi connectivity index (χ1) is 14.3. The summed E-state index contributed by atoms with van der Waals surface area (Å²) in [6.45, 7) is 9.90. The van der Waals surface area contributed by atoms with Crippen LogP contribution in [0.1, 0.15) is 60.8 Å². The van der Waals surface area contributed by atoms with Crippen LogP contribution in [0.25, 0.3) is 0 Å². The molecule has 0 amide bonds. The number of nitrogens with one attached hydrogen (secondary N) is 1. The third-order valence-electron chi connectivity index (χ3n) is 5.60. The Bertz CT molecular complexity index is 898. The van der Waals surface area contributed by atoms with Gasteiger partial charge in [-0.25, -0.2) is 9.78 Å². The van der Waals surface area contributed by atoms with Crippen LogP contribution < -0.4 is 10.2 Å². The van der Waals surface area contributed by atoms with Crippen LogP contribution in [-0.2, 0) is 17.7 Å². The van der Waals surface area contributed by atoms with Crippen molar-refractivity contribution < 1.29 is 14.6 Å². The van der Waals surface area contributed by atoms with Crippen molar-refractivity contribution in [2.24, 2.45) is 5.92 Å². The molecule has 30 heavy (non-hydrogen) atoms.